The molecule has 0 saturated carbocycles. The minimum Gasteiger partial charge on any atom is -0.326 e. The van der Waals surface area contributed by atoms with Gasteiger partial charge in [0.2, 0.25) is 5.91 Å². The highest BCUT2D eigenvalue weighted by Crippen LogP contribution is 2.26. The monoisotopic (exact) mass is 374 g/mol. The van der Waals surface area contributed by atoms with Crippen LogP contribution in [0.3, 0.4) is 0 Å². The molecule has 0 aliphatic rings. The lowest BCUT2D eigenvalue weighted by molar-refractivity contribution is -0.119. The van der Waals surface area contributed by atoms with Crippen LogP contribution in [0.25, 0.3) is 0 Å². The van der Waals surface area contributed by atoms with Gasteiger partial charge in [0, 0.05) is 28.6 Å². The summed E-state index contributed by atoms with van der Waals surface area (Å²) in [5.74, 6) is -1.34. The fourth-order valence-corrected chi connectivity index (χ4v) is 2.72. The van der Waals surface area contributed by atoms with Gasteiger partial charge in [-0.15, -0.1) is 0 Å². The molecule has 2 aromatic carbocycles. The second-order valence-electron chi connectivity index (χ2n) is 5.46. The number of ketones is 1. The number of amides is 1. The quantitative estimate of drug-likeness (QED) is 0.742. The zero-order valence-corrected chi connectivity index (χ0v) is 14.8. The number of anilines is 1. The number of halogens is 2. The molecular weight excluding hydrogens is 359 g/mol. The number of nitrogens with one attached hydrogen (secondary N) is 1. The fourth-order valence-electron chi connectivity index (χ4n) is 2.35. The second kappa shape index (κ2) is 9.22. The van der Waals surface area contributed by atoms with Gasteiger partial charge in [0.05, 0.1) is 6.07 Å². The molecule has 1 atom stereocenters. The molecule has 0 unspecified atom stereocenters. The standard InChI is InChI=1S/C19H16Cl2N2O2/c20-13-8-10-14(11-9-13)23-19(25)7-3-6-18(24)16(12-22)15-4-1-2-5-17(15)21/h1-2,4-5,8-11,16H,3,6-7H2,(H,23,25)/t16-/m0/s1. The van der Waals surface area contributed by atoms with E-state index >= 15 is 0 Å². The molecule has 0 aromatic heterocycles. The van der Waals surface area contributed by atoms with Crippen LogP contribution in [0.4, 0.5) is 5.69 Å². The number of nitriles is 1. The molecule has 0 fully saturated rings. The van der Waals surface area contributed by atoms with Gasteiger partial charge in [-0.3, -0.25) is 9.59 Å². The Morgan fingerprint density at radius 3 is 2.36 bits per heavy atom. The summed E-state index contributed by atoms with van der Waals surface area (Å²) in [6, 6.07) is 15.6. The van der Waals surface area contributed by atoms with E-state index in [0.29, 0.717) is 27.7 Å². The Labute approximate surface area is 156 Å². The molecular formula is C19H16Cl2N2O2. The van der Waals surface area contributed by atoms with E-state index in [0.717, 1.165) is 0 Å². The summed E-state index contributed by atoms with van der Waals surface area (Å²) in [5, 5.41) is 13.0. The van der Waals surface area contributed by atoms with Gasteiger partial charge in [-0.2, -0.15) is 5.26 Å². The fraction of sp³-hybridized carbons (Fsp3) is 0.211. The third-order valence-corrected chi connectivity index (χ3v) is 4.22. The van der Waals surface area contributed by atoms with Crippen molar-refractivity contribution in [2.75, 3.05) is 5.32 Å². The van der Waals surface area contributed by atoms with Crippen molar-refractivity contribution in [3.63, 3.8) is 0 Å². The molecule has 0 aliphatic carbocycles. The van der Waals surface area contributed by atoms with Crippen LogP contribution in [0.15, 0.2) is 48.5 Å². The molecule has 0 bridgehead atoms. The van der Waals surface area contributed by atoms with Crippen LogP contribution in [0.2, 0.25) is 10.0 Å². The Kier molecular flexibility index (Phi) is 7.00. The van der Waals surface area contributed by atoms with Crippen molar-refractivity contribution in [2.24, 2.45) is 0 Å². The molecule has 2 rings (SSSR count). The lowest BCUT2D eigenvalue weighted by Crippen LogP contribution is -2.14. The van der Waals surface area contributed by atoms with E-state index in [1.807, 2.05) is 6.07 Å². The Morgan fingerprint density at radius 1 is 1.04 bits per heavy atom. The highest BCUT2D eigenvalue weighted by Gasteiger charge is 2.22. The summed E-state index contributed by atoms with van der Waals surface area (Å²) in [5.41, 5.74) is 1.15. The maximum absolute atomic E-state index is 12.3. The van der Waals surface area contributed by atoms with Gasteiger partial charge in [0.15, 0.2) is 5.78 Å². The van der Waals surface area contributed by atoms with Crippen LogP contribution in [-0.4, -0.2) is 11.7 Å². The highest BCUT2D eigenvalue weighted by atomic mass is 35.5. The van der Waals surface area contributed by atoms with Crippen LogP contribution >= 0.6 is 23.2 Å². The number of benzene rings is 2. The predicted molar refractivity (Wildman–Crippen MR) is 98.7 cm³/mol. The third kappa shape index (κ3) is 5.60. The zero-order valence-electron chi connectivity index (χ0n) is 13.3. The molecule has 0 saturated heterocycles. The SMILES string of the molecule is N#C[C@H](C(=O)CCCC(=O)Nc1ccc(Cl)cc1)c1ccccc1Cl. The van der Waals surface area contributed by atoms with Crippen molar-refractivity contribution in [1.82, 2.24) is 0 Å². The van der Waals surface area contributed by atoms with E-state index in [4.69, 9.17) is 23.2 Å². The average Bonchev–Trinajstić information content (AvgIpc) is 2.59. The van der Waals surface area contributed by atoms with Crippen molar-refractivity contribution in [1.29, 1.82) is 5.26 Å². The smallest absolute Gasteiger partial charge is 0.224 e. The molecule has 128 valence electrons. The topological polar surface area (TPSA) is 70.0 Å². The normalized spacial score (nSPS) is 11.4. The van der Waals surface area contributed by atoms with E-state index in [2.05, 4.69) is 5.32 Å². The van der Waals surface area contributed by atoms with Crippen LogP contribution in [0, 0.1) is 11.3 Å². The number of rotatable bonds is 7. The van der Waals surface area contributed by atoms with Gasteiger partial charge in [0.25, 0.3) is 0 Å². The van der Waals surface area contributed by atoms with Crippen molar-refractivity contribution in [2.45, 2.75) is 25.2 Å². The number of hydrogen-bond donors (Lipinski definition) is 1. The Balaban J connectivity index is 1.85. The third-order valence-electron chi connectivity index (χ3n) is 3.62. The minimum absolute atomic E-state index is 0.136. The average molecular weight is 375 g/mol. The molecule has 0 radical (unpaired) electrons. The first-order chi connectivity index (χ1) is 12.0. The Morgan fingerprint density at radius 2 is 1.72 bits per heavy atom. The van der Waals surface area contributed by atoms with Crippen LogP contribution in [-0.2, 0) is 9.59 Å². The largest absolute Gasteiger partial charge is 0.326 e. The van der Waals surface area contributed by atoms with Gasteiger partial charge in [-0.05, 0) is 42.3 Å². The van der Waals surface area contributed by atoms with Crippen molar-refractivity contribution in [3.05, 3.63) is 64.1 Å². The molecule has 25 heavy (non-hydrogen) atoms. The molecule has 6 heteroatoms. The summed E-state index contributed by atoms with van der Waals surface area (Å²) in [7, 11) is 0. The number of Topliss-reactive ketones (excluding diaryl/α,β-unsaturated/α-hetero) is 1. The van der Waals surface area contributed by atoms with Crippen LogP contribution in [0.5, 0.6) is 0 Å². The molecule has 1 N–H and O–H groups in total. The molecule has 2 aromatic rings. The molecule has 0 aliphatic heterocycles. The number of carbonyl (C=O) groups excluding carboxylic acids is 2. The van der Waals surface area contributed by atoms with E-state index in [1.165, 1.54) is 0 Å². The summed E-state index contributed by atoms with van der Waals surface area (Å²) in [6.07, 6.45) is 0.688. The highest BCUT2D eigenvalue weighted by molar-refractivity contribution is 6.31. The van der Waals surface area contributed by atoms with Crippen molar-refractivity contribution < 1.29 is 9.59 Å². The summed E-state index contributed by atoms with van der Waals surface area (Å²) in [6.45, 7) is 0. The first-order valence-electron chi connectivity index (χ1n) is 7.73. The molecule has 0 spiro atoms. The molecule has 0 heterocycles. The van der Waals surface area contributed by atoms with Crippen LogP contribution in [0.1, 0.15) is 30.7 Å². The minimum atomic E-state index is -0.909. The molecule has 1 amide bonds. The van der Waals surface area contributed by atoms with Gasteiger partial charge >= 0.3 is 0 Å². The summed E-state index contributed by atoms with van der Waals surface area (Å²) < 4.78 is 0. The summed E-state index contributed by atoms with van der Waals surface area (Å²) >= 11 is 11.8. The van der Waals surface area contributed by atoms with Gasteiger partial charge in [-0.1, -0.05) is 41.4 Å². The molecule has 4 nitrogen and oxygen atoms in total. The van der Waals surface area contributed by atoms with Crippen molar-refractivity contribution >= 4 is 40.6 Å². The number of hydrogen-bond acceptors (Lipinski definition) is 3. The van der Waals surface area contributed by atoms with E-state index in [1.54, 1.807) is 48.5 Å². The van der Waals surface area contributed by atoms with E-state index < -0.39 is 5.92 Å². The lowest BCUT2D eigenvalue weighted by atomic mass is 9.93. The first-order valence-corrected chi connectivity index (χ1v) is 8.49. The maximum atomic E-state index is 12.3. The Hall–Kier alpha value is -2.35. The number of nitrogens with zero attached hydrogens (tertiary/aromatic N) is 1. The van der Waals surface area contributed by atoms with E-state index in [9.17, 15) is 14.9 Å². The predicted octanol–water partition coefficient (Wildman–Crippen LogP) is 4.98. The maximum Gasteiger partial charge on any atom is 0.224 e. The second-order valence-corrected chi connectivity index (χ2v) is 6.30. The summed E-state index contributed by atoms with van der Waals surface area (Å²) in [4.78, 5) is 24.2. The first kappa shape index (κ1) is 19.0. The van der Waals surface area contributed by atoms with E-state index in [-0.39, 0.29) is 24.5 Å². The van der Waals surface area contributed by atoms with Gasteiger partial charge in [-0.25, -0.2) is 0 Å². The van der Waals surface area contributed by atoms with Crippen molar-refractivity contribution in [3.8, 4) is 6.07 Å². The Bertz CT molecular complexity index is 798. The van der Waals surface area contributed by atoms with Crippen LogP contribution < -0.4 is 5.32 Å². The van der Waals surface area contributed by atoms with Gasteiger partial charge in [0.1, 0.15) is 5.92 Å². The number of carbonyl (C=O) groups is 2. The van der Waals surface area contributed by atoms with Gasteiger partial charge < -0.3 is 5.32 Å². The lowest BCUT2D eigenvalue weighted by Gasteiger charge is -2.10. The zero-order chi connectivity index (χ0) is 18.2.